The summed E-state index contributed by atoms with van der Waals surface area (Å²) in [4.78, 5) is 38.7. The lowest BCUT2D eigenvalue weighted by Crippen LogP contribution is -2.53. The molecule has 1 N–H and O–H groups in total. The number of para-hydroxylation sites is 2. The Morgan fingerprint density at radius 1 is 1.12 bits per heavy atom. The molecule has 0 saturated carbocycles. The number of hydrogen-bond acceptors (Lipinski definition) is 3. The fourth-order valence-electron chi connectivity index (χ4n) is 2.96. The third-order valence-corrected chi connectivity index (χ3v) is 4.15. The molecule has 0 aliphatic carbocycles. The van der Waals surface area contributed by atoms with Gasteiger partial charge in [0.05, 0.1) is 16.9 Å². The second kappa shape index (κ2) is 5.96. The molecule has 0 saturated heterocycles. The summed E-state index contributed by atoms with van der Waals surface area (Å²) in [5, 5.41) is 2.86. The van der Waals surface area contributed by atoms with Gasteiger partial charge in [0.1, 0.15) is 6.04 Å². The largest absolute Gasteiger partial charge is 0.322 e. The molecule has 0 bridgehead atoms. The number of benzene rings is 1. The molecule has 0 fully saturated rings. The van der Waals surface area contributed by atoms with Gasteiger partial charge >= 0.3 is 0 Å². The van der Waals surface area contributed by atoms with Gasteiger partial charge in [0.15, 0.2) is 0 Å². The van der Waals surface area contributed by atoms with Gasteiger partial charge in [-0.25, -0.2) is 0 Å². The zero-order valence-corrected chi connectivity index (χ0v) is 13.8. The molecule has 6 nitrogen and oxygen atoms in total. The molecule has 0 radical (unpaired) electrons. The van der Waals surface area contributed by atoms with E-state index in [-0.39, 0.29) is 23.3 Å². The Bertz CT molecular complexity index is 870. The zero-order valence-electron chi connectivity index (χ0n) is 13.8. The van der Waals surface area contributed by atoms with E-state index in [0.717, 1.165) is 0 Å². The Balaban J connectivity index is 2.13. The summed E-state index contributed by atoms with van der Waals surface area (Å²) in [6.45, 7) is 3.80. The molecule has 6 heteroatoms. The summed E-state index contributed by atoms with van der Waals surface area (Å²) in [7, 11) is 1.59. The summed E-state index contributed by atoms with van der Waals surface area (Å²) in [6, 6.07) is 9.46. The fourth-order valence-corrected chi connectivity index (χ4v) is 2.96. The van der Waals surface area contributed by atoms with Gasteiger partial charge in [-0.1, -0.05) is 26.0 Å². The third kappa shape index (κ3) is 2.60. The summed E-state index contributed by atoms with van der Waals surface area (Å²) >= 11 is 0. The van der Waals surface area contributed by atoms with Gasteiger partial charge in [-0.05, 0) is 24.1 Å². The van der Waals surface area contributed by atoms with Crippen LogP contribution in [0.1, 0.15) is 24.2 Å². The number of aromatic nitrogens is 1. The number of nitrogens with zero attached hydrogens (tertiary/aromatic N) is 2. The van der Waals surface area contributed by atoms with E-state index in [1.165, 1.54) is 27.8 Å². The molecular formula is C18H19N3O3. The number of carbonyl (C=O) groups is 2. The molecule has 1 aliphatic heterocycles. The maximum absolute atomic E-state index is 13.1. The zero-order chi connectivity index (χ0) is 17.4. The number of carbonyl (C=O) groups excluding carboxylic acids is 2. The average Bonchev–Trinajstić information content (AvgIpc) is 2.55. The standard InChI is InChI=1S/C18H19N3O3/c1-11(2)16-17(23)19-13-6-4-5-7-14(13)21(16)18(24)12-8-9-15(22)20(3)10-12/h4-11,16H,1-3H3,(H,19,23). The minimum Gasteiger partial charge on any atom is -0.322 e. The minimum absolute atomic E-state index is 0.0603. The molecule has 2 heterocycles. The van der Waals surface area contributed by atoms with Crippen LogP contribution in [0.25, 0.3) is 0 Å². The number of nitrogens with one attached hydrogen (secondary N) is 1. The van der Waals surface area contributed by atoms with Crippen molar-refractivity contribution in [2.45, 2.75) is 19.9 Å². The van der Waals surface area contributed by atoms with E-state index in [1.807, 2.05) is 32.0 Å². The van der Waals surface area contributed by atoms with Crippen molar-refractivity contribution in [1.82, 2.24) is 4.57 Å². The highest BCUT2D eigenvalue weighted by Gasteiger charge is 2.39. The minimum atomic E-state index is -0.607. The van der Waals surface area contributed by atoms with E-state index >= 15 is 0 Å². The first-order valence-corrected chi connectivity index (χ1v) is 7.80. The van der Waals surface area contributed by atoms with Gasteiger partial charge in [0, 0.05) is 19.3 Å². The number of anilines is 2. The molecular weight excluding hydrogens is 306 g/mol. The van der Waals surface area contributed by atoms with Crippen molar-refractivity contribution in [3.8, 4) is 0 Å². The van der Waals surface area contributed by atoms with Crippen LogP contribution in [0.5, 0.6) is 0 Å². The smallest absolute Gasteiger partial charge is 0.260 e. The highest BCUT2D eigenvalue weighted by molar-refractivity contribution is 6.16. The Hall–Kier alpha value is -2.89. The first-order chi connectivity index (χ1) is 11.4. The molecule has 1 atom stereocenters. The van der Waals surface area contributed by atoms with Crippen LogP contribution in [0.2, 0.25) is 0 Å². The van der Waals surface area contributed by atoms with Crippen LogP contribution in [0.4, 0.5) is 11.4 Å². The van der Waals surface area contributed by atoms with E-state index in [1.54, 1.807) is 13.1 Å². The van der Waals surface area contributed by atoms with Gasteiger partial charge in [-0.3, -0.25) is 19.3 Å². The topological polar surface area (TPSA) is 71.4 Å². The molecule has 3 rings (SSSR count). The predicted molar refractivity (Wildman–Crippen MR) is 92.2 cm³/mol. The first kappa shape index (κ1) is 16.0. The van der Waals surface area contributed by atoms with Crippen LogP contribution in [0, 0.1) is 5.92 Å². The highest BCUT2D eigenvalue weighted by Crippen LogP contribution is 2.35. The van der Waals surface area contributed by atoms with Crippen LogP contribution in [-0.2, 0) is 11.8 Å². The van der Waals surface area contributed by atoms with Crippen LogP contribution >= 0.6 is 0 Å². The Morgan fingerprint density at radius 3 is 2.50 bits per heavy atom. The summed E-state index contributed by atoms with van der Waals surface area (Å²) in [6.07, 6.45) is 1.50. The van der Waals surface area contributed by atoms with Crippen LogP contribution in [0.3, 0.4) is 0 Å². The fraction of sp³-hybridized carbons (Fsp3) is 0.278. The maximum Gasteiger partial charge on any atom is 0.260 e. The Kier molecular flexibility index (Phi) is 3.97. The normalized spacial score (nSPS) is 16.8. The quantitative estimate of drug-likeness (QED) is 0.918. The van der Waals surface area contributed by atoms with Crippen LogP contribution < -0.4 is 15.8 Å². The van der Waals surface area contributed by atoms with Crippen molar-refractivity contribution >= 4 is 23.2 Å². The SMILES string of the molecule is CC(C)C1C(=O)Nc2ccccc2N1C(=O)c1ccc(=O)n(C)c1. The van der Waals surface area contributed by atoms with Gasteiger partial charge in [-0.15, -0.1) is 0 Å². The number of aryl methyl sites for hydroxylation is 1. The van der Waals surface area contributed by atoms with E-state index in [9.17, 15) is 14.4 Å². The first-order valence-electron chi connectivity index (χ1n) is 7.80. The van der Waals surface area contributed by atoms with Gasteiger partial charge in [0.2, 0.25) is 11.5 Å². The molecule has 0 spiro atoms. The number of hydrogen-bond donors (Lipinski definition) is 1. The molecule has 2 aromatic rings. The monoisotopic (exact) mass is 325 g/mol. The van der Waals surface area contributed by atoms with E-state index in [2.05, 4.69) is 5.32 Å². The maximum atomic E-state index is 13.1. The Labute approximate surface area is 139 Å². The molecule has 1 unspecified atom stereocenters. The average molecular weight is 325 g/mol. The van der Waals surface area contributed by atoms with Crippen LogP contribution in [0.15, 0.2) is 47.4 Å². The number of fused-ring (bicyclic) bond motifs is 1. The molecule has 2 amide bonds. The highest BCUT2D eigenvalue weighted by atomic mass is 16.2. The van der Waals surface area contributed by atoms with Crippen molar-refractivity contribution in [3.05, 3.63) is 58.5 Å². The lowest BCUT2D eigenvalue weighted by atomic mass is 9.96. The Morgan fingerprint density at radius 2 is 1.83 bits per heavy atom. The predicted octanol–water partition coefficient (Wildman–Crippen LogP) is 2.01. The second-order valence-corrected chi connectivity index (χ2v) is 6.24. The van der Waals surface area contributed by atoms with Crippen LogP contribution in [-0.4, -0.2) is 22.4 Å². The summed E-state index contributed by atoms with van der Waals surface area (Å²) in [5.41, 5.74) is 1.45. The molecule has 1 aromatic heterocycles. The van der Waals surface area contributed by atoms with E-state index in [0.29, 0.717) is 16.9 Å². The number of pyridine rings is 1. The van der Waals surface area contributed by atoms with Gasteiger partial charge < -0.3 is 9.88 Å². The van der Waals surface area contributed by atoms with Crippen molar-refractivity contribution in [2.75, 3.05) is 10.2 Å². The number of amides is 2. The molecule has 1 aliphatic rings. The summed E-state index contributed by atoms with van der Waals surface area (Å²) in [5.74, 6) is -0.566. The third-order valence-electron chi connectivity index (χ3n) is 4.15. The van der Waals surface area contributed by atoms with Gasteiger partial charge in [-0.2, -0.15) is 0 Å². The van der Waals surface area contributed by atoms with Gasteiger partial charge in [0.25, 0.3) is 5.91 Å². The molecule has 24 heavy (non-hydrogen) atoms. The molecule has 124 valence electrons. The lowest BCUT2D eigenvalue weighted by molar-refractivity contribution is -0.118. The lowest BCUT2D eigenvalue weighted by Gasteiger charge is -2.38. The van der Waals surface area contributed by atoms with Crippen molar-refractivity contribution in [1.29, 1.82) is 0 Å². The number of rotatable bonds is 2. The van der Waals surface area contributed by atoms with E-state index < -0.39 is 6.04 Å². The van der Waals surface area contributed by atoms with E-state index in [4.69, 9.17) is 0 Å². The second-order valence-electron chi connectivity index (χ2n) is 6.24. The van der Waals surface area contributed by atoms with Crippen molar-refractivity contribution < 1.29 is 9.59 Å². The summed E-state index contributed by atoms with van der Waals surface area (Å²) < 4.78 is 1.35. The molecule has 1 aromatic carbocycles. The van der Waals surface area contributed by atoms with Crippen molar-refractivity contribution in [3.63, 3.8) is 0 Å². The van der Waals surface area contributed by atoms with Crippen molar-refractivity contribution in [2.24, 2.45) is 13.0 Å².